The molecular weight excluding hydrogens is 312 g/mol. The molecule has 0 saturated heterocycles. The molecule has 0 unspecified atom stereocenters. The molecule has 0 radical (unpaired) electrons. The van der Waals surface area contributed by atoms with Crippen LogP contribution in [0.15, 0.2) is 36.0 Å². The molecule has 0 aliphatic carbocycles. The fourth-order valence-corrected chi connectivity index (χ4v) is 2.98. The number of aromatic nitrogens is 4. The molecule has 3 heterocycles. The Labute approximate surface area is 137 Å². The molecule has 0 aliphatic heterocycles. The Bertz CT molecular complexity index is 784. The van der Waals surface area contributed by atoms with E-state index in [0.717, 1.165) is 10.7 Å². The third kappa shape index (κ3) is 3.48. The monoisotopic (exact) mass is 330 g/mol. The van der Waals surface area contributed by atoms with Gasteiger partial charge in [0.25, 0.3) is 0 Å². The van der Waals surface area contributed by atoms with Gasteiger partial charge in [0, 0.05) is 30.2 Å². The number of hydrogen-bond acceptors (Lipinski definition) is 5. The third-order valence-corrected chi connectivity index (χ3v) is 4.52. The quantitative estimate of drug-likeness (QED) is 0.752. The summed E-state index contributed by atoms with van der Waals surface area (Å²) in [7, 11) is 0. The van der Waals surface area contributed by atoms with E-state index in [9.17, 15) is 4.79 Å². The first kappa shape index (κ1) is 15.4. The van der Waals surface area contributed by atoms with Crippen LogP contribution in [-0.4, -0.2) is 32.2 Å². The van der Waals surface area contributed by atoms with E-state index >= 15 is 0 Å². The lowest BCUT2D eigenvalue weighted by Gasteiger charge is -2.15. The molecule has 3 rings (SSSR count). The standard InChI is InChI=1S/C15H18N6OS/c1-10(14-16-6-8-23-14)9-17-15(22)18-11(2)13-20-19-12-5-3-4-7-21(12)13/h3-8,10-11H,9H2,1-2H3,(H2,17,18,22)/t10-,11+/m1/s1. The number of nitrogens with zero attached hydrogens (tertiary/aromatic N) is 4. The highest BCUT2D eigenvalue weighted by Crippen LogP contribution is 2.16. The summed E-state index contributed by atoms with van der Waals surface area (Å²) in [5, 5.41) is 16.9. The Morgan fingerprint density at radius 3 is 3.00 bits per heavy atom. The summed E-state index contributed by atoms with van der Waals surface area (Å²) in [6.45, 7) is 4.45. The third-order valence-electron chi connectivity index (χ3n) is 3.52. The van der Waals surface area contributed by atoms with Crippen LogP contribution < -0.4 is 10.6 Å². The van der Waals surface area contributed by atoms with Crippen molar-refractivity contribution in [1.82, 2.24) is 30.2 Å². The van der Waals surface area contributed by atoms with Crippen LogP contribution in [0.3, 0.4) is 0 Å². The van der Waals surface area contributed by atoms with Crippen LogP contribution >= 0.6 is 11.3 Å². The lowest BCUT2D eigenvalue weighted by Crippen LogP contribution is -2.39. The Balaban J connectivity index is 1.57. The summed E-state index contributed by atoms with van der Waals surface area (Å²) in [5.74, 6) is 0.883. The van der Waals surface area contributed by atoms with Crippen molar-refractivity contribution >= 4 is 23.0 Å². The molecule has 2 atom stereocenters. The zero-order chi connectivity index (χ0) is 16.2. The number of amides is 2. The van der Waals surface area contributed by atoms with Crippen molar-refractivity contribution in [2.45, 2.75) is 25.8 Å². The van der Waals surface area contributed by atoms with Crippen molar-refractivity contribution in [3.63, 3.8) is 0 Å². The Morgan fingerprint density at radius 1 is 1.35 bits per heavy atom. The number of nitrogens with one attached hydrogen (secondary N) is 2. The Morgan fingerprint density at radius 2 is 2.22 bits per heavy atom. The zero-order valence-electron chi connectivity index (χ0n) is 12.9. The molecule has 23 heavy (non-hydrogen) atoms. The van der Waals surface area contributed by atoms with Gasteiger partial charge in [-0.2, -0.15) is 0 Å². The van der Waals surface area contributed by atoms with Crippen LogP contribution in [0.25, 0.3) is 5.65 Å². The summed E-state index contributed by atoms with van der Waals surface area (Å²) < 4.78 is 1.86. The van der Waals surface area contributed by atoms with E-state index in [0.29, 0.717) is 12.4 Å². The van der Waals surface area contributed by atoms with Crippen molar-refractivity contribution in [1.29, 1.82) is 0 Å². The zero-order valence-corrected chi connectivity index (χ0v) is 13.7. The predicted octanol–water partition coefficient (Wildman–Crippen LogP) is 2.35. The van der Waals surface area contributed by atoms with Gasteiger partial charge in [0.1, 0.15) is 0 Å². The molecule has 0 fully saturated rings. The highest BCUT2D eigenvalue weighted by atomic mass is 32.1. The molecular formula is C15H18N6OS. The van der Waals surface area contributed by atoms with E-state index < -0.39 is 0 Å². The van der Waals surface area contributed by atoms with E-state index in [1.807, 2.05) is 48.0 Å². The first-order chi connectivity index (χ1) is 11.1. The smallest absolute Gasteiger partial charge is 0.315 e. The summed E-state index contributed by atoms with van der Waals surface area (Å²) in [4.78, 5) is 16.3. The maximum atomic E-state index is 12.1. The second-order valence-electron chi connectivity index (χ2n) is 5.33. The number of hydrogen-bond donors (Lipinski definition) is 2. The summed E-state index contributed by atoms with van der Waals surface area (Å²) in [6.07, 6.45) is 3.65. The van der Waals surface area contributed by atoms with Crippen LogP contribution in [0.4, 0.5) is 4.79 Å². The van der Waals surface area contributed by atoms with Gasteiger partial charge in [-0.25, -0.2) is 9.78 Å². The molecule has 0 aliphatic rings. The van der Waals surface area contributed by atoms with E-state index in [-0.39, 0.29) is 18.0 Å². The lowest BCUT2D eigenvalue weighted by molar-refractivity contribution is 0.237. The molecule has 2 N–H and O–H groups in total. The molecule has 120 valence electrons. The van der Waals surface area contributed by atoms with E-state index in [1.54, 1.807) is 17.5 Å². The van der Waals surface area contributed by atoms with Crippen LogP contribution in [0.2, 0.25) is 0 Å². The summed E-state index contributed by atoms with van der Waals surface area (Å²) in [6, 6.07) is 5.20. The lowest BCUT2D eigenvalue weighted by atomic mass is 10.2. The van der Waals surface area contributed by atoms with E-state index in [1.165, 1.54) is 0 Å². The number of urea groups is 1. The van der Waals surface area contributed by atoms with E-state index in [4.69, 9.17) is 0 Å². The van der Waals surface area contributed by atoms with Crippen molar-refractivity contribution in [3.05, 3.63) is 46.8 Å². The minimum atomic E-state index is -0.248. The number of carbonyl (C=O) groups excluding carboxylic acids is 1. The number of pyridine rings is 1. The molecule has 0 saturated carbocycles. The van der Waals surface area contributed by atoms with Gasteiger partial charge < -0.3 is 10.6 Å². The molecule has 0 aromatic carbocycles. The molecule has 3 aromatic rings. The Kier molecular flexibility index (Phi) is 4.52. The molecule has 2 amide bonds. The maximum absolute atomic E-state index is 12.1. The molecule has 0 spiro atoms. The normalized spacial score (nSPS) is 13.7. The maximum Gasteiger partial charge on any atom is 0.315 e. The SMILES string of the molecule is C[C@H](CNC(=O)N[C@@H](C)c1nnc2ccccn12)c1nccs1. The van der Waals surface area contributed by atoms with Crippen molar-refractivity contribution in [2.24, 2.45) is 0 Å². The van der Waals surface area contributed by atoms with Gasteiger partial charge >= 0.3 is 6.03 Å². The molecule has 7 nitrogen and oxygen atoms in total. The number of thiazole rings is 1. The van der Waals surface area contributed by atoms with Gasteiger partial charge in [-0.3, -0.25) is 4.40 Å². The second-order valence-corrected chi connectivity index (χ2v) is 6.26. The van der Waals surface area contributed by atoms with E-state index in [2.05, 4.69) is 25.8 Å². The average Bonchev–Trinajstić information content (AvgIpc) is 3.21. The average molecular weight is 330 g/mol. The van der Waals surface area contributed by atoms with Crippen molar-refractivity contribution < 1.29 is 4.79 Å². The van der Waals surface area contributed by atoms with Crippen LogP contribution in [0.1, 0.15) is 36.6 Å². The predicted molar refractivity (Wildman–Crippen MR) is 88.5 cm³/mol. The second kappa shape index (κ2) is 6.74. The minimum absolute atomic E-state index is 0.185. The van der Waals surface area contributed by atoms with Crippen molar-refractivity contribution in [3.8, 4) is 0 Å². The summed E-state index contributed by atoms with van der Waals surface area (Å²) in [5.41, 5.74) is 0.758. The fourth-order valence-electron chi connectivity index (χ4n) is 2.28. The fraction of sp³-hybridized carbons (Fsp3) is 0.333. The largest absolute Gasteiger partial charge is 0.337 e. The van der Waals surface area contributed by atoms with Gasteiger partial charge in [-0.15, -0.1) is 21.5 Å². The Hall–Kier alpha value is -2.48. The number of rotatable bonds is 5. The van der Waals surface area contributed by atoms with Gasteiger partial charge in [-0.05, 0) is 19.1 Å². The summed E-state index contributed by atoms with van der Waals surface area (Å²) >= 11 is 1.59. The van der Waals surface area contributed by atoms with Gasteiger partial charge in [0.05, 0.1) is 11.0 Å². The first-order valence-electron chi connectivity index (χ1n) is 7.38. The van der Waals surface area contributed by atoms with Crippen LogP contribution in [-0.2, 0) is 0 Å². The molecule has 8 heteroatoms. The van der Waals surface area contributed by atoms with Crippen LogP contribution in [0, 0.1) is 0 Å². The molecule has 3 aromatic heterocycles. The molecule has 0 bridgehead atoms. The van der Waals surface area contributed by atoms with Crippen LogP contribution in [0.5, 0.6) is 0 Å². The van der Waals surface area contributed by atoms with Gasteiger partial charge in [0.2, 0.25) is 0 Å². The topological polar surface area (TPSA) is 84.2 Å². The van der Waals surface area contributed by atoms with Crippen molar-refractivity contribution in [2.75, 3.05) is 6.54 Å². The number of fused-ring (bicyclic) bond motifs is 1. The highest BCUT2D eigenvalue weighted by molar-refractivity contribution is 7.09. The first-order valence-corrected chi connectivity index (χ1v) is 8.26. The van der Waals surface area contributed by atoms with Gasteiger partial charge in [0.15, 0.2) is 11.5 Å². The minimum Gasteiger partial charge on any atom is -0.337 e. The van der Waals surface area contributed by atoms with Gasteiger partial charge in [-0.1, -0.05) is 13.0 Å². The highest BCUT2D eigenvalue weighted by Gasteiger charge is 2.16. The number of carbonyl (C=O) groups is 1.